The molecule has 0 spiro atoms. The predicted octanol–water partition coefficient (Wildman–Crippen LogP) is 4.74. The summed E-state index contributed by atoms with van der Waals surface area (Å²) in [6, 6.07) is 4.06. The zero-order valence-corrected chi connectivity index (χ0v) is 10.9. The molecule has 100 valence electrons. The van der Waals surface area contributed by atoms with E-state index in [4.69, 9.17) is 0 Å². The highest BCUT2D eigenvalue weighted by atomic mass is 19.1. The largest absolute Gasteiger partial charge is 0.380 e. The van der Waals surface area contributed by atoms with Gasteiger partial charge in [-0.2, -0.15) is 0 Å². The van der Waals surface area contributed by atoms with Crippen LogP contribution in [-0.2, 0) is 0 Å². The number of hydrogen-bond acceptors (Lipinski definition) is 1. The van der Waals surface area contributed by atoms with E-state index < -0.39 is 11.6 Å². The molecule has 0 aromatic heterocycles. The molecule has 0 saturated heterocycles. The fourth-order valence-corrected chi connectivity index (χ4v) is 2.83. The highest BCUT2D eigenvalue weighted by molar-refractivity contribution is 5.45. The summed E-state index contributed by atoms with van der Waals surface area (Å²) < 4.78 is 26.3. The van der Waals surface area contributed by atoms with Gasteiger partial charge in [-0.1, -0.05) is 19.8 Å². The second kappa shape index (κ2) is 6.17. The maximum absolute atomic E-state index is 13.5. The maximum Gasteiger partial charge on any atom is 0.149 e. The molecule has 0 heterocycles. The molecule has 2 rings (SSSR count). The lowest BCUT2D eigenvalue weighted by molar-refractivity contribution is 0.318. The number of benzene rings is 1. The Kier molecular flexibility index (Phi) is 4.56. The Balaban J connectivity index is 1.87. The summed E-state index contributed by atoms with van der Waals surface area (Å²) in [7, 11) is 0. The Morgan fingerprint density at radius 2 is 1.89 bits per heavy atom. The predicted molar refractivity (Wildman–Crippen MR) is 70.6 cm³/mol. The zero-order valence-electron chi connectivity index (χ0n) is 10.9. The quantitative estimate of drug-likeness (QED) is 0.817. The molecule has 1 aromatic rings. The summed E-state index contributed by atoms with van der Waals surface area (Å²) in [5.41, 5.74) is 0.426. The van der Waals surface area contributed by atoms with Gasteiger partial charge in [0.25, 0.3) is 0 Å². The highest BCUT2D eigenvalue weighted by Crippen LogP contribution is 2.30. The van der Waals surface area contributed by atoms with Crippen molar-refractivity contribution in [2.45, 2.75) is 51.5 Å². The second-order valence-electron chi connectivity index (χ2n) is 5.27. The van der Waals surface area contributed by atoms with Crippen LogP contribution < -0.4 is 5.32 Å². The van der Waals surface area contributed by atoms with E-state index in [0.717, 1.165) is 24.8 Å². The summed E-state index contributed by atoms with van der Waals surface area (Å²) >= 11 is 0. The third kappa shape index (κ3) is 3.44. The molecule has 1 saturated carbocycles. The third-order valence-electron chi connectivity index (χ3n) is 3.83. The summed E-state index contributed by atoms with van der Waals surface area (Å²) in [4.78, 5) is 0. The average Bonchev–Trinajstić information content (AvgIpc) is 2.35. The van der Waals surface area contributed by atoms with E-state index in [9.17, 15) is 8.78 Å². The van der Waals surface area contributed by atoms with Gasteiger partial charge in [-0.15, -0.1) is 0 Å². The fraction of sp³-hybridized carbons (Fsp3) is 0.600. The first-order chi connectivity index (χ1) is 8.69. The van der Waals surface area contributed by atoms with Gasteiger partial charge in [-0.25, -0.2) is 8.78 Å². The van der Waals surface area contributed by atoms with Crippen LogP contribution in [0.25, 0.3) is 0 Å². The topological polar surface area (TPSA) is 12.0 Å². The first kappa shape index (κ1) is 13.3. The lowest BCUT2D eigenvalue weighted by Crippen LogP contribution is -2.26. The van der Waals surface area contributed by atoms with Crippen molar-refractivity contribution in [2.24, 2.45) is 5.92 Å². The molecular weight excluding hydrogens is 232 g/mol. The molecule has 0 aliphatic heterocycles. The Labute approximate surface area is 108 Å². The Hall–Kier alpha value is -1.12. The van der Waals surface area contributed by atoms with Crippen molar-refractivity contribution < 1.29 is 8.78 Å². The summed E-state index contributed by atoms with van der Waals surface area (Å²) in [6.07, 6.45) is 7.15. The standard InChI is InChI=1S/C15H21F2N/c1-2-3-11-4-7-13(8-5-11)18-15-9-6-12(16)10-14(15)17/h6,9-11,13,18H,2-5,7-8H2,1H3. The Morgan fingerprint density at radius 3 is 2.50 bits per heavy atom. The molecular formula is C15H21F2N. The van der Waals surface area contributed by atoms with Crippen molar-refractivity contribution in [3.8, 4) is 0 Å². The summed E-state index contributed by atoms with van der Waals surface area (Å²) in [5.74, 6) is -0.179. The SMILES string of the molecule is CCCC1CCC(Nc2ccc(F)cc2F)CC1. The van der Waals surface area contributed by atoms with E-state index in [0.29, 0.717) is 11.7 Å². The Bertz CT molecular complexity index is 384. The van der Waals surface area contributed by atoms with E-state index in [1.165, 1.54) is 37.8 Å². The maximum atomic E-state index is 13.5. The minimum absolute atomic E-state index is 0.332. The zero-order chi connectivity index (χ0) is 13.0. The minimum Gasteiger partial charge on any atom is -0.380 e. The number of rotatable bonds is 4. The first-order valence-electron chi connectivity index (χ1n) is 6.90. The van der Waals surface area contributed by atoms with Crippen LogP contribution in [-0.4, -0.2) is 6.04 Å². The van der Waals surface area contributed by atoms with Gasteiger partial charge in [-0.3, -0.25) is 0 Å². The molecule has 0 atom stereocenters. The van der Waals surface area contributed by atoms with Gasteiger partial charge in [0.15, 0.2) is 0 Å². The van der Waals surface area contributed by atoms with Crippen molar-refractivity contribution in [1.82, 2.24) is 0 Å². The van der Waals surface area contributed by atoms with Gasteiger partial charge in [0.1, 0.15) is 11.6 Å². The number of halogens is 2. The van der Waals surface area contributed by atoms with Gasteiger partial charge in [-0.05, 0) is 43.7 Å². The van der Waals surface area contributed by atoms with Crippen LogP contribution in [0.15, 0.2) is 18.2 Å². The second-order valence-corrected chi connectivity index (χ2v) is 5.27. The van der Waals surface area contributed by atoms with E-state index in [1.54, 1.807) is 0 Å². The van der Waals surface area contributed by atoms with Crippen LogP contribution in [0, 0.1) is 17.6 Å². The summed E-state index contributed by atoms with van der Waals surface area (Å²) in [6.45, 7) is 2.22. The lowest BCUT2D eigenvalue weighted by Gasteiger charge is -2.29. The molecule has 0 unspecified atom stereocenters. The smallest absolute Gasteiger partial charge is 0.149 e. The lowest BCUT2D eigenvalue weighted by atomic mass is 9.83. The van der Waals surface area contributed by atoms with Gasteiger partial charge < -0.3 is 5.32 Å². The molecule has 1 aromatic carbocycles. The Morgan fingerprint density at radius 1 is 1.17 bits per heavy atom. The molecule has 1 nitrogen and oxygen atoms in total. The van der Waals surface area contributed by atoms with Crippen molar-refractivity contribution in [2.75, 3.05) is 5.32 Å². The van der Waals surface area contributed by atoms with Crippen molar-refractivity contribution in [3.05, 3.63) is 29.8 Å². The van der Waals surface area contributed by atoms with E-state index in [2.05, 4.69) is 12.2 Å². The molecule has 1 N–H and O–H groups in total. The van der Waals surface area contributed by atoms with Gasteiger partial charge in [0.2, 0.25) is 0 Å². The molecule has 1 fully saturated rings. The van der Waals surface area contributed by atoms with Crippen LogP contribution in [0.3, 0.4) is 0 Å². The van der Waals surface area contributed by atoms with Gasteiger partial charge in [0.05, 0.1) is 5.69 Å². The molecule has 1 aliphatic carbocycles. The highest BCUT2D eigenvalue weighted by Gasteiger charge is 2.21. The van der Waals surface area contributed by atoms with Gasteiger partial charge in [0, 0.05) is 12.1 Å². The van der Waals surface area contributed by atoms with E-state index in [-0.39, 0.29) is 0 Å². The van der Waals surface area contributed by atoms with Crippen LogP contribution in [0.1, 0.15) is 45.4 Å². The van der Waals surface area contributed by atoms with Crippen LogP contribution in [0.5, 0.6) is 0 Å². The van der Waals surface area contributed by atoms with Crippen LogP contribution >= 0.6 is 0 Å². The van der Waals surface area contributed by atoms with E-state index >= 15 is 0 Å². The molecule has 18 heavy (non-hydrogen) atoms. The monoisotopic (exact) mass is 253 g/mol. The fourth-order valence-electron chi connectivity index (χ4n) is 2.83. The third-order valence-corrected chi connectivity index (χ3v) is 3.83. The number of nitrogens with one attached hydrogen (secondary N) is 1. The van der Waals surface area contributed by atoms with Crippen molar-refractivity contribution in [3.63, 3.8) is 0 Å². The molecule has 0 amide bonds. The van der Waals surface area contributed by atoms with Crippen molar-refractivity contribution >= 4 is 5.69 Å². The first-order valence-corrected chi connectivity index (χ1v) is 6.90. The van der Waals surface area contributed by atoms with Gasteiger partial charge >= 0.3 is 0 Å². The minimum atomic E-state index is -0.523. The summed E-state index contributed by atoms with van der Waals surface area (Å²) in [5, 5.41) is 3.20. The van der Waals surface area contributed by atoms with Crippen LogP contribution in [0.2, 0.25) is 0 Å². The van der Waals surface area contributed by atoms with Crippen LogP contribution in [0.4, 0.5) is 14.5 Å². The number of anilines is 1. The van der Waals surface area contributed by atoms with E-state index in [1.807, 2.05) is 0 Å². The molecule has 0 bridgehead atoms. The molecule has 0 radical (unpaired) electrons. The normalized spacial score (nSPS) is 23.9. The number of hydrogen-bond donors (Lipinski definition) is 1. The molecule has 3 heteroatoms. The molecule has 1 aliphatic rings. The average molecular weight is 253 g/mol. The van der Waals surface area contributed by atoms with Crippen molar-refractivity contribution in [1.29, 1.82) is 0 Å².